The van der Waals surface area contributed by atoms with Gasteiger partial charge in [0.05, 0.1) is 27.1 Å². The second kappa shape index (κ2) is 12.9. The highest BCUT2D eigenvalue weighted by Gasteiger charge is 2.37. The van der Waals surface area contributed by atoms with E-state index in [-0.39, 0.29) is 33.9 Å². The Morgan fingerprint density at radius 3 is 2.19 bits per heavy atom. The van der Waals surface area contributed by atoms with Crippen LogP contribution in [0.2, 0.25) is 10.0 Å². The lowest BCUT2D eigenvalue weighted by atomic mass is 9.94. The first kappa shape index (κ1) is 31.7. The first-order valence-electron chi connectivity index (χ1n) is 12.7. The summed E-state index contributed by atoms with van der Waals surface area (Å²) >= 11 is 12.1. The van der Waals surface area contributed by atoms with Gasteiger partial charge in [0.15, 0.2) is 0 Å². The van der Waals surface area contributed by atoms with E-state index in [0.29, 0.717) is 42.7 Å². The molecule has 4 nitrogen and oxygen atoms in total. The van der Waals surface area contributed by atoms with Crippen LogP contribution in [-0.4, -0.2) is 24.0 Å². The van der Waals surface area contributed by atoms with Gasteiger partial charge >= 0.3 is 12.4 Å². The van der Waals surface area contributed by atoms with Crippen molar-refractivity contribution in [3.63, 3.8) is 0 Å². The molecule has 0 radical (unpaired) electrons. The number of nitrogens with one attached hydrogen (secondary N) is 3. The van der Waals surface area contributed by atoms with Crippen molar-refractivity contribution in [1.82, 2.24) is 15.6 Å². The molecule has 1 amide bonds. The lowest BCUT2D eigenvalue weighted by Crippen LogP contribution is -2.31. The van der Waals surface area contributed by atoms with Crippen molar-refractivity contribution >= 4 is 40.0 Å². The van der Waals surface area contributed by atoms with Gasteiger partial charge in [0, 0.05) is 23.6 Å². The fourth-order valence-electron chi connectivity index (χ4n) is 4.57. The second-order valence-corrected chi connectivity index (χ2v) is 10.5. The van der Waals surface area contributed by atoms with Crippen molar-refractivity contribution < 1.29 is 35.5 Å². The average molecular weight is 634 g/mol. The maximum absolute atomic E-state index is 13.4. The van der Waals surface area contributed by atoms with Crippen LogP contribution < -0.4 is 10.6 Å². The van der Waals surface area contributed by atoms with Gasteiger partial charge in [-0.25, -0.2) is 4.39 Å². The van der Waals surface area contributed by atoms with E-state index >= 15 is 0 Å². The van der Waals surface area contributed by atoms with Crippen LogP contribution in [0.4, 0.5) is 30.7 Å². The number of carbonyl (C=O) groups excluding carboxylic acids is 1. The number of benzene rings is 3. The average Bonchev–Trinajstić information content (AvgIpc) is 3.31. The zero-order chi connectivity index (χ0) is 30.7. The van der Waals surface area contributed by atoms with Gasteiger partial charge in [-0.1, -0.05) is 29.3 Å². The molecule has 42 heavy (non-hydrogen) atoms. The standard InChI is InChI=1S/C29H24Cl2F7N3O/c30-24-4-1-17(11-25(24)31)23(6-8-39-7-5-18-15-40-26-13-21(32)2-3-22(18)26)27(42)41-14-16-9-19(28(33,34)35)12-20(10-16)29(36,37)38/h1-4,9-13,15,23,39-40H,5-8,14H2,(H,41,42). The van der Waals surface area contributed by atoms with Gasteiger partial charge < -0.3 is 15.6 Å². The van der Waals surface area contributed by atoms with Crippen LogP contribution in [-0.2, 0) is 30.1 Å². The lowest BCUT2D eigenvalue weighted by Gasteiger charge is -2.19. The van der Waals surface area contributed by atoms with Crippen molar-refractivity contribution in [2.24, 2.45) is 0 Å². The Balaban J connectivity index is 1.44. The SMILES string of the molecule is O=C(NCc1cc(C(F)(F)F)cc(C(F)(F)F)c1)C(CCNCCc1c[nH]c2cc(F)ccc12)c1ccc(Cl)c(Cl)c1. The molecule has 3 N–H and O–H groups in total. The molecular weight excluding hydrogens is 610 g/mol. The van der Waals surface area contributed by atoms with E-state index in [1.807, 2.05) is 0 Å². The Morgan fingerprint density at radius 2 is 1.55 bits per heavy atom. The molecule has 0 aliphatic heterocycles. The lowest BCUT2D eigenvalue weighted by molar-refractivity contribution is -0.143. The molecule has 1 aromatic heterocycles. The van der Waals surface area contributed by atoms with Crippen molar-refractivity contribution in [3.05, 3.63) is 104 Å². The van der Waals surface area contributed by atoms with E-state index in [1.165, 1.54) is 24.3 Å². The summed E-state index contributed by atoms with van der Waals surface area (Å²) in [6.45, 7) is 0.305. The Morgan fingerprint density at radius 1 is 0.857 bits per heavy atom. The summed E-state index contributed by atoms with van der Waals surface area (Å²) in [5.74, 6) is -1.80. The number of carbonyl (C=O) groups is 1. The maximum atomic E-state index is 13.4. The summed E-state index contributed by atoms with van der Waals surface area (Å²) < 4.78 is 92.9. The maximum Gasteiger partial charge on any atom is 0.416 e. The number of aromatic amines is 1. The van der Waals surface area contributed by atoms with E-state index < -0.39 is 41.8 Å². The summed E-state index contributed by atoms with van der Waals surface area (Å²) in [5, 5.41) is 7.01. The van der Waals surface area contributed by atoms with Crippen LogP contribution in [0.25, 0.3) is 10.9 Å². The van der Waals surface area contributed by atoms with E-state index in [9.17, 15) is 35.5 Å². The van der Waals surface area contributed by atoms with Crippen LogP contribution in [0, 0.1) is 5.82 Å². The van der Waals surface area contributed by atoms with Gasteiger partial charge in [-0.05, 0) is 91.2 Å². The summed E-state index contributed by atoms with van der Waals surface area (Å²) in [4.78, 5) is 16.2. The molecule has 1 unspecified atom stereocenters. The van der Waals surface area contributed by atoms with Crippen molar-refractivity contribution in [1.29, 1.82) is 0 Å². The predicted octanol–water partition coefficient (Wildman–Crippen LogP) is 8.27. The number of aromatic nitrogens is 1. The topological polar surface area (TPSA) is 56.9 Å². The van der Waals surface area contributed by atoms with Crippen molar-refractivity contribution in [3.8, 4) is 0 Å². The molecule has 13 heteroatoms. The Kier molecular flexibility index (Phi) is 9.74. The Labute approximate surface area is 246 Å². The number of rotatable bonds is 10. The zero-order valence-corrected chi connectivity index (χ0v) is 23.2. The molecule has 0 saturated heterocycles. The molecule has 0 fully saturated rings. The highest BCUT2D eigenvalue weighted by molar-refractivity contribution is 6.42. The fraction of sp³-hybridized carbons (Fsp3) is 0.276. The molecule has 1 atom stereocenters. The molecule has 4 aromatic rings. The quantitative estimate of drug-likeness (QED) is 0.122. The third-order valence-electron chi connectivity index (χ3n) is 6.69. The minimum Gasteiger partial charge on any atom is -0.361 e. The predicted molar refractivity (Wildman–Crippen MR) is 147 cm³/mol. The summed E-state index contributed by atoms with van der Waals surface area (Å²) in [5.41, 5.74) is -1.17. The van der Waals surface area contributed by atoms with Crippen LogP contribution in [0.1, 0.15) is 40.2 Å². The highest BCUT2D eigenvalue weighted by Crippen LogP contribution is 2.36. The number of hydrogen-bond acceptors (Lipinski definition) is 2. The Hall–Kier alpha value is -3.28. The van der Waals surface area contributed by atoms with Crippen LogP contribution in [0.3, 0.4) is 0 Å². The molecule has 0 spiro atoms. The molecule has 0 bridgehead atoms. The van der Waals surface area contributed by atoms with E-state index in [1.54, 1.807) is 18.3 Å². The minimum absolute atomic E-state index is 0.0318. The molecular formula is C29H24Cl2F7N3O. The van der Waals surface area contributed by atoms with Crippen LogP contribution in [0.5, 0.6) is 0 Å². The van der Waals surface area contributed by atoms with Gasteiger partial charge in [-0.2, -0.15) is 26.3 Å². The zero-order valence-electron chi connectivity index (χ0n) is 21.7. The number of hydrogen-bond donors (Lipinski definition) is 3. The summed E-state index contributed by atoms with van der Waals surface area (Å²) in [6.07, 6.45) is -7.38. The van der Waals surface area contributed by atoms with Gasteiger partial charge in [0.2, 0.25) is 5.91 Å². The van der Waals surface area contributed by atoms with Gasteiger partial charge in [-0.3, -0.25) is 4.79 Å². The molecule has 3 aromatic carbocycles. The highest BCUT2D eigenvalue weighted by atomic mass is 35.5. The number of halogens is 9. The van der Waals surface area contributed by atoms with Crippen LogP contribution >= 0.6 is 23.2 Å². The minimum atomic E-state index is -5.00. The fourth-order valence-corrected chi connectivity index (χ4v) is 4.88. The second-order valence-electron chi connectivity index (χ2n) is 9.65. The molecule has 0 aliphatic rings. The molecule has 0 aliphatic carbocycles. The van der Waals surface area contributed by atoms with E-state index in [0.717, 1.165) is 10.9 Å². The monoisotopic (exact) mass is 633 g/mol. The number of fused-ring (bicyclic) bond motifs is 1. The molecule has 224 valence electrons. The van der Waals surface area contributed by atoms with Gasteiger partial charge in [-0.15, -0.1) is 0 Å². The Bertz CT molecular complexity index is 1540. The third kappa shape index (κ3) is 7.96. The van der Waals surface area contributed by atoms with Gasteiger partial charge in [0.1, 0.15) is 5.82 Å². The normalized spacial score (nSPS) is 13.0. The van der Waals surface area contributed by atoms with Crippen molar-refractivity contribution in [2.75, 3.05) is 13.1 Å². The van der Waals surface area contributed by atoms with E-state index in [4.69, 9.17) is 23.2 Å². The number of amides is 1. The summed E-state index contributed by atoms with van der Waals surface area (Å²) in [7, 11) is 0. The third-order valence-corrected chi connectivity index (χ3v) is 7.43. The number of alkyl halides is 6. The molecule has 4 rings (SSSR count). The number of H-pyrrole nitrogens is 1. The first-order valence-corrected chi connectivity index (χ1v) is 13.4. The largest absolute Gasteiger partial charge is 0.416 e. The smallest absolute Gasteiger partial charge is 0.361 e. The van der Waals surface area contributed by atoms with Crippen molar-refractivity contribution in [2.45, 2.75) is 37.7 Å². The first-order chi connectivity index (χ1) is 19.7. The van der Waals surface area contributed by atoms with E-state index in [2.05, 4.69) is 15.6 Å². The molecule has 0 saturated carbocycles. The molecule has 1 heterocycles. The summed E-state index contributed by atoms with van der Waals surface area (Å²) in [6, 6.07) is 10.2. The van der Waals surface area contributed by atoms with Gasteiger partial charge in [0.25, 0.3) is 0 Å². The van der Waals surface area contributed by atoms with Crippen LogP contribution in [0.15, 0.2) is 60.8 Å².